The Kier molecular flexibility index (Phi) is 5.98. The van der Waals surface area contributed by atoms with Crippen LogP contribution in [0, 0.1) is 5.92 Å². The van der Waals surface area contributed by atoms with Crippen molar-refractivity contribution < 1.29 is 33.3 Å². The van der Waals surface area contributed by atoms with Gasteiger partial charge in [0.1, 0.15) is 18.8 Å². The van der Waals surface area contributed by atoms with Gasteiger partial charge in [0.2, 0.25) is 0 Å². The molecule has 0 spiro atoms. The lowest BCUT2D eigenvalue weighted by Gasteiger charge is -2.28. The monoisotopic (exact) mass is 404 g/mol. The smallest absolute Gasteiger partial charge is 0.341 e. The third-order valence-electron chi connectivity index (χ3n) is 5.81. The van der Waals surface area contributed by atoms with Gasteiger partial charge in [-0.2, -0.15) is 0 Å². The van der Waals surface area contributed by atoms with Gasteiger partial charge in [-0.05, 0) is 45.3 Å². The minimum Gasteiger partial charge on any atom is -0.461 e. The zero-order chi connectivity index (χ0) is 21.3. The first kappa shape index (κ1) is 21.3. The van der Waals surface area contributed by atoms with Crippen LogP contribution in [0.5, 0.6) is 0 Å². The third-order valence-corrected chi connectivity index (χ3v) is 5.81. The lowest BCUT2D eigenvalue weighted by molar-refractivity contribution is -0.158. The van der Waals surface area contributed by atoms with Crippen LogP contribution in [-0.4, -0.2) is 48.4 Å². The number of fused-ring (bicyclic) bond motifs is 1. The van der Waals surface area contributed by atoms with Crippen molar-refractivity contribution in [1.29, 1.82) is 0 Å². The normalized spacial score (nSPS) is 37.9. The Balaban J connectivity index is 1.91. The summed E-state index contributed by atoms with van der Waals surface area (Å²) in [6.45, 7) is 10.8. The number of hydrogen-bond donors (Lipinski definition) is 0. The molecule has 0 radical (unpaired) electrons. The zero-order valence-electron chi connectivity index (χ0n) is 17.4. The molecule has 0 aromatic rings. The second-order valence-corrected chi connectivity index (χ2v) is 8.13. The van der Waals surface area contributed by atoms with Gasteiger partial charge in [-0.25, -0.2) is 9.59 Å². The van der Waals surface area contributed by atoms with Crippen LogP contribution in [0.25, 0.3) is 0 Å². The van der Waals surface area contributed by atoms with Gasteiger partial charge < -0.3 is 18.9 Å². The van der Waals surface area contributed by atoms with Gasteiger partial charge in [0.05, 0.1) is 12.0 Å². The molecule has 0 N–H and O–H groups in total. The van der Waals surface area contributed by atoms with Crippen molar-refractivity contribution in [1.82, 2.24) is 0 Å². The first-order valence-electron chi connectivity index (χ1n) is 9.89. The van der Waals surface area contributed by atoms with Crippen LogP contribution < -0.4 is 0 Å². The lowest BCUT2D eigenvalue weighted by Crippen LogP contribution is -2.38. The Bertz CT molecular complexity index is 793. The van der Waals surface area contributed by atoms with E-state index >= 15 is 0 Å². The number of allylic oxidation sites excluding steroid dienone is 2. The van der Waals surface area contributed by atoms with E-state index in [2.05, 4.69) is 6.58 Å². The van der Waals surface area contributed by atoms with Crippen LogP contribution in [0.1, 0.15) is 47.0 Å². The summed E-state index contributed by atoms with van der Waals surface area (Å²) in [7, 11) is 0. The highest BCUT2D eigenvalue weighted by Crippen LogP contribution is 2.40. The molecule has 2 saturated heterocycles. The number of epoxide rings is 1. The standard InChI is InChI=1S/C22H28O7/c1-12-7-6-8-16(11-26-15(4)23)10-18(28-21(25)22(5)14(3)29-22)19-13(2)20(24)27-17(19)9-12/h8-9,14,17-19H,2,6-7,10-11H2,1,3-5H3/b12-9+,16-8-/t14?,17-,18-,19+,22?/m1/s1. The maximum Gasteiger partial charge on any atom is 0.341 e. The topological polar surface area (TPSA) is 91.4 Å². The minimum atomic E-state index is -0.985. The average Bonchev–Trinajstić information content (AvgIpc) is 3.16. The quantitative estimate of drug-likeness (QED) is 0.234. The molecule has 3 rings (SSSR count). The van der Waals surface area contributed by atoms with Crippen molar-refractivity contribution >= 4 is 17.9 Å². The predicted octanol–water partition coefficient (Wildman–Crippen LogP) is 2.79. The number of esters is 3. The molecule has 0 aromatic carbocycles. The molecule has 2 heterocycles. The summed E-state index contributed by atoms with van der Waals surface area (Å²) in [4.78, 5) is 36.3. The predicted molar refractivity (Wildman–Crippen MR) is 104 cm³/mol. The average molecular weight is 404 g/mol. The molecule has 3 aliphatic rings. The first-order chi connectivity index (χ1) is 13.6. The number of carbonyl (C=O) groups excluding carboxylic acids is 3. The van der Waals surface area contributed by atoms with Crippen LogP contribution in [-0.2, 0) is 33.3 Å². The Morgan fingerprint density at radius 3 is 2.69 bits per heavy atom. The number of ether oxygens (including phenoxy) is 4. The molecule has 158 valence electrons. The Morgan fingerprint density at radius 1 is 1.38 bits per heavy atom. The first-order valence-corrected chi connectivity index (χ1v) is 9.89. The van der Waals surface area contributed by atoms with Crippen molar-refractivity contribution in [3.8, 4) is 0 Å². The molecule has 7 nitrogen and oxygen atoms in total. The van der Waals surface area contributed by atoms with E-state index in [1.54, 1.807) is 13.8 Å². The Hall–Kier alpha value is -2.41. The fourth-order valence-corrected chi connectivity index (χ4v) is 3.75. The van der Waals surface area contributed by atoms with Crippen LogP contribution in [0.3, 0.4) is 0 Å². The fraction of sp³-hybridized carbons (Fsp3) is 0.591. The highest BCUT2D eigenvalue weighted by atomic mass is 16.7. The van der Waals surface area contributed by atoms with Gasteiger partial charge >= 0.3 is 17.9 Å². The molecule has 1 aliphatic carbocycles. The van der Waals surface area contributed by atoms with E-state index in [1.165, 1.54) is 6.92 Å². The fourth-order valence-electron chi connectivity index (χ4n) is 3.75. The minimum absolute atomic E-state index is 0.106. The molecule has 5 atom stereocenters. The van der Waals surface area contributed by atoms with Crippen molar-refractivity contribution in [3.05, 3.63) is 35.5 Å². The van der Waals surface area contributed by atoms with E-state index in [1.807, 2.05) is 19.1 Å². The zero-order valence-corrected chi connectivity index (χ0v) is 17.4. The van der Waals surface area contributed by atoms with Crippen LogP contribution >= 0.6 is 0 Å². The van der Waals surface area contributed by atoms with E-state index in [0.29, 0.717) is 6.42 Å². The van der Waals surface area contributed by atoms with Crippen molar-refractivity contribution in [2.75, 3.05) is 6.61 Å². The van der Waals surface area contributed by atoms with E-state index in [4.69, 9.17) is 18.9 Å². The van der Waals surface area contributed by atoms with Crippen LogP contribution in [0.2, 0.25) is 0 Å². The summed E-state index contributed by atoms with van der Waals surface area (Å²) in [6.07, 6.45) is 4.27. The van der Waals surface area contributed by atoms with Crippen molar-refractivity contribution in [2.24, 2.45) is 5.92 Å². The van der Waals surface area contributed by atoms with Gasteiger partial charge in [0.25, 0.3) is 0 Å². The molecule has 2 aliphatic heterocycles. The SMILES string of the molecule is C=C1C(=O)O[C@@H]2/C=C(\C)CC/C=C(\COC(C)=O)C[C@@H](OC(=O)C3(C)OC3C)[C@@H]12. The van der Waals surface area contributed by atoms with Crippen molar-refractivity contribution in [2.45, 2.75) is 70.9 Å². The van der Waals surface area contributed by atoms with Gasteiger partial charge in [-0.15, -0.1) is 0 Å². The maximum atomic E-state index is 12.7. The molecular weight excluding hydrogens is 376 g/mol. The van der Waals surface area contributed by atoms with Gasteiger partial charge in [-0.3, -0.25) is 4.79 Å². The molecule has 2 unspecified atom stereocenters. The van der Waals surface area contributed by atoms with Crippen LogP contribution in [0.15, 0.2) is 35.5 Å². The Labute approximate surface area is 170 Å². The maximum absolute atomic E-state index is 12.7. The highest BCUT2D eigenvalue weighted by molar-refractivity contribution is 5.91. The summed E-state index contributed by atoms with van der Waals surface area (Å²) >= 11 is 0. The number of rotatable bonds is 4. The molecule has 0 amide bonds. The molecule has 2 fully saturated rings. The van der Waals surface area contributed by atoms with Gasteiger partial charge in [0, 0.05) is 18.9 Å². The Morgan fingerprint density at radius 2 is 2.07 bits per heavy atom. The van der Waals surface area contributed by atoms with E-state index < -0.39 is 35.7 Å². The van der Waals surface area contributed by atoms with Gasteiger partial charge in [0.15, 0.2) is 5.60 Å². The van der Waals surface area contributed by atoms with Crippen LogP contribution in [0.4, 0.5) is 0 Å². The molecule has 0 bridgehead atoms. The molecular formula is C22H28O7. The van der Waals surface area contributed by atoms with E-state index in [-0.39, 0.29) is 24.3 Å². The van der Waals surface area contributed by atoms with E-state index in [0.717, 1.165) is 24.0 Å². The van der Waals surface area contributed by atoms with E-state index in [9.17, 15) is 14.4 Å². The molecule has 29 heavy (non-hydrogen) atoms. The summed E-state index contributed by atoms with van der Waals surface area (Å²) in [6, 6.07) is 0. The summed E-state index contributed by atoms with van der Waals surface area (Å²) in [5, 5.41) is 0. The van der Waals surface area contributed by atoms with Gasteiger partial charge in [-0.1, -0.05) is 18.2 Å². The summed E-state index contributed by atoms with van der Waals surface area (Å²) in [5.41, 5.74) is 1.18. The largest absolute Gasteiger partial charge is 0.461 e. The second-order valence-electron chi connectivity index (χ2n) is 8.13. The number of carbonyl (C=O) groups is 3. The summed E-state index contributed by atoms with van der Waals surface area (Å²) < 4.78 is 21.9. The molecule has 0 saturated carbocycles. The lowest BCUT2D eigenvalue weighted by atomic mass is 9.85. The molecule has 7 heteroatoms. The second kappa shape index (κ2) is 8.14. The summed E-state index contributed by atoms with van der Waals surface area (Å²) in [5.74, 6) is -1.87. The number of hydrogen-bond acceptors (Lipinski definition) is 7. The molecule has 0 aromatic heterocycles. The highest BCUT2D eigenvalue weighted by Gasteiger charge is 2.58. The third kappa shape index (κ3) is 4.61. The van der Waals surface area contributed by atoms with Crippen molar-refractivity contribution in [3.63, 3.8) is 0 Å².